The Kier molecular flexibility index (Phi) is 5.54. The van der Waals surface area contributed by atoms with Crippen molar-refractivity contribution in [1.82, 2.24) is 0 Å². The fraction of sp³-hybridized carbons (Fsp3) is 0.417. The Balaban J connectivity index is 2.41. The topological polar surface area (TPSA) is 24.8 Å². The van der Waals surface area contributed by atoms with Crippen LogP contribution in [0.25, 0.3) is 0 Å². The van der Waals surface area contributed by atoms with Gasteiger partial charge in [-0.2, -0.15) is 0 Å². The van der Waals surface area contributed by atoms with Crippen LogP contribution in [-0.2, 0) is 0 Å². The molecule has 1 rings (SSSR count). The molecule has 0 aliphatic carbocycles. The van der Waals surface area contributed by atoms with Crippen molar-refractivity contribution < 1.29 is 4.74 Å². The monoisotopic (exact) mass is 236 g/mol. The Morgan fingerprint density at radius 1 is 1.44 bits per heavy atom. The van der Waals surface area contributed by atoms with Gasteiger partial charge in [0.15, 0.2) is 0 Å². The van der Waals surface area contributed by atoms with Crippen molar-refractivity contribution in [3.8, 4) is 5.75 Å². The molecule has 4 heteroatoms. The van der Waals surface area contributed by atoms with E-state index in [4.69, 9.17) is 4.74 Å². The average molecular weight is 236 g/mol. The summed E-state index contributed by atoms with van der Waals surface area (Å²) in [5.74, 6) is 0.887. The van der Waals surface area contributed by atoms with Crippen LogP contribution < -0.4 is 9.64 Å². The third kappa shape index (κ3) is 4.43. The molecule has 0 atom stereocenters. The lowest BCUT2D eigenvalue weighted by atomic mass is 10.3. The van der Waals surface area contributed by atoms with E-state index in [-0.39, 0.29) is 0 Å². The standard InChI is InChI=1S/C12H16N2OS/c1-14(2)11-5-3-6-12(9-11)15-8-4-7-13-10-16/h3,5-6,9H,4,7-8H2,1-2H3. The van der Waals surface area contributed by atoms with Gasteiger partial charge in [0, 0.05) is 32.3 Å². The molecule has 0 N–H and O–H groups in total. The van der Waals surface area contributed by atoms with Crippen molar-refractivity contribution in [2.45, 2.75) is 6.42 Å². The normalized spacial score (nSPS) is 9.38. The van der Waals surface area contributed by atoms with Crippen molar-refractivity contribution in [3.05, 3.63) is 24.3 Å². The van der Waals surface area contributed by atoms with Crippen LogP contribution in [0.2, 0.25) is 0 Å². The van der Waals surface area contributed by atoms with Crippen LogP contribution in [0, 0.1) is 0 Å². The highest BCUT2D eigenvalue weighted by Crippen LogP contribution is 2.19. The number of benzene rings is 1. The van der Waals surface area contributed by atoms with Crippen molar-refractivity contribution in [3.63, 3.8) is 0 Å². The molecule has 86 valence electrons. The third-order valence-corrected chi connectivity index (χ3v) is 2.21. The number of isothiocyanates is 1. The summed E-state index contributed by atoms with van der Waals surface area (Å²) in [5, 5.41) is 2.34. The number of hydrogen-bond acceptors (Lipinski definition) is 4. The Bertz CT molecular complexity index is 373. The van der Waals surface area contributed by atoms with Gasteiger partial charge in [0.2, 0.25) is 0 Å². The SMILES string of the molecule is CN(C)c1cccc(OCCCN=C=S)c1. The maximum absolute atomic E-state index is 5.59. The number of thiocarbonyl (C=S) groups is 1. The average Bonchev–Trinajstić information content (AvgIpc) is 2.29. The van der Waals surface area contributed by atoms with E-state index in [0.717, 1.165) is 17.9 Å². The van der Waals surface area contributed by atoms with Crippen LogP contribution in [0.3, 0.4) is 0 Å². The molecule has 3 nitrogen and oxygen atoms in total. The smallest absolute Gasteiger partial charge is 0.121 e. The van der Waals surface area contributed by atoms with E-state index in [2.05, 4.69) is 22.4 Å². The molecule has 0 amide bonds. The molecule has 0 saturated carbocycles. The van der Waals surface area contributed by atoms with Gasteiger partial charge in [0.05, 0.1) is 18.3 Å². The third-order valence-electron chi connectivity index (χ3n) is 2.08. The van der Waals surface area contributed by atoms with E-state index < -0.39 is 0 Å². The maximum atomic E-state index is 5.59. The molecular weight excluding hydrogens is 220 g/mol. The van der Waals surface area contributed by atoms with Gasteiger partial charge in [-0.05, 0) is 24.4 Å². The molecule has 0 aliphatic heterocycles. The molecule has 0 radical (unpaired) electrons. The molecule has 16 heavy (non-hydrogen) atoms. The molecule has 0 aromatic heterocycles. The first-order valence-electron chi connectivity index (χ1n) is 5.18. The van der Waals surface area contributed by atoms with Crippen molar-refractivity contribution in [1.29, 1.82) is 0 Å². The lowest BCUT2D eigenvalue weighted by molar-refractivity contribution is 0.314. The minimum atomic E-state index is 0.650. The molecule has 0 fully saturated rings. The summed E-state index contributed by atoms with van der Waals surface area (Å²) in [5.41, 5.74) is 1.13. The summed E-state index contributed by atoms with van der Waals surface area (Å²) in [7, 11) is 4.01. The predicted octanol–water partition coefficient (Wildman–Crippen LogP) is 2.62. The molecule has 0 saturated heterocycles. The molecule has 0 spiro atoms. The number of rotatable bonds is 6. The van der Waals surface area contributed by atoms with Gasteiger partial charge in [-0.1, -0.05) is 6.07 Å². The van der Waals surface area contributed by atoms with Crippen LogP contribution in [0.5, 0.6) is 5.75 Å². The predicted molar refractivity (Wildman–Crippen MR) is 70.8 cm³/mol. The summed E-state index contributed by atoms with van der Waals surface area (Å²) in [6.45, 7) is 1.33. The van der Waals surface area contributed by atoms with Crippen LogP contribution in [0.1, 0.15) is 6.42 Å². The number of aliphatic imine (C=N–C) groups is 1. The van der Waals surface area contributed by atoms with Gasteiger partial charge in [0.25, 0.3) is 0 Å². The second kappa shape index (κ2) is 6.99. The number of ether oxygens (including phenoxy) is 1. The lowest BCUT2D eigenvalue weighted by Gasteiger charge is -2.13. The fourth-order valence-corrected chi connectivity index (χ4v) is 1.32. The quantitative estimate of drug-likeness (QED) is 0.431. The van der Waals surface area contributed by atoms with Crippen LogP contribution in [0.4, 0.5) is 5.69 Å². The minimum Gasteiger partial charge on any atom is -0.493 e. The molecule has 1 aromatic carbocycles. The Morgan fingerprint density at radius 2 is 2.25 bits per heavy atom. The number of nitrogens with zero attached hydrogens (tertiary/aromatic N) is 2. The fourth-order valence-electron chi connectivity index (χ4n) is 1.23. The zero-order valence-electron chi connectivity index (χ0n) is 9.64. The molecule has 1 aromatic rings. The maximum Gasteiger partial charge on any atom is 0.121 e. The van der Waals surface area contributed by atoms with Crippen LogP contribution >= 0.6 is 12.2 Å². The van der Waals surface area contributed by atoms with Gasteiger partial charge in [-0.15, -0.1) is 0 Å². The van der Waals surface area contributed by atoms with Gasteiger partial charge in [-0.25, -0.2) is 4.99 Å². The first kappa shape index (κ1) is 12.7. The first-order chi connectivity index (χ1) is 7.74. The number of anilines is 1. The van der Waals surface area contributed by atoms with Gasteiger partial charge >= 0.3 is 0 Å². The van der Waals surface area contributed by atoms with Crippen LogP contribution in [-0.4, -0.2) is 32.4 Å². The molecule has 0 bridgehead atoms. The molecule has 0 heterocycles. The van der Waals surface area contributed by atoms with Crippen molar-refractivity contribution in [2.24, 2.45) is 4.99 Å². The van der Waals surface area contributed by atoms with E-state index in [9.17, 15) is 0 Å². The van der Waals surface area contributed by atoms with Crippen molar-refractivity contribution in [2.75, 3.05) is 32.1 Å². The lowest BCUT2D eigenvalue weighted by Crippen LogP contribution is -2.08. The zero-order valence-corrected chi connectivity index (χ0v) is 10.5. The Morgan fingerprint density at radius 3 is 2.94 bits per heavy atom. The largest absolute Gasteiger partial charge is 0.493 e. The molecule has 0 unspecified atom stereocenters. The first-order valence-corrected chi connectivity index (χ1v) is 5.58. The molecule has 0 aliphatic rings. The highest BCUT2D eigenvalue weighted by atomic mass is 32.1. The van der Waals surface area contributed by atoms with E-state index in [1.807, 2.05) is 43.3 Å². The summed E-state index contributed by atoms with van der Waals surface area (Å²) in [6.07, 6.45) is 0.857. The minimum absolute atomic E-state index is 0.650. The summed E-state index contributed by atoms with van der Waals surface area (Å²) in [4.78, 5) is 5.87. The van der Waals surface area contributed by atoms with Gasteiger partial charge in [-0.3, -0.25) is 0 Å². The Labute approximate surface area is 102 Å². The van der Waals surface area contributed by atoms with Crippen LogP contribution in [0.15, 0.2) is 29.3 Å². The summed E-state index contributed by atoms with van der Waals surface area (Å²) >= 11 is 4.48. The highest BCUT2D eigenvalue weighted by molar-refractivity contribution is 7.78. The summed E-state index contributed by atoms with van der Waals surface area (Å²) < 4.78 is 5.59. The molecular formula is C12H16N2OS. The van der Waals surface area contributed by atoms with E-state index in [1.54, 1.807) is 0 Å². The van der Waals surface area contributed by atoms with Crippen molar-refractivity contribution >= 4 is 23.1 Å². The van der Waals surface area contributed by atoms with Gasteiger partial charge in [0.1, 0.15) is 5.75 Å². The zero-order chi connectivity index (χ0) is 11.8. The van der Waals surface area contributed by atoms with E-state index >= 15 is 0 Å². The highest BCUT2D eigenvalue weighted by Gasteiger charge is 1.97. The number of hydrogen-bond donors (Lipinski definition) is 0. The van der Waals surface area contributed by atoms with E-state index in [0.29, 0.717) is 13.2 Å². The van der Waals surface area contributed by atoms with Gasteiger partial charge < -0.3 is 9.64 Å². The Hall–Kier alpha value is -1.38. The second-order valence-electron chi connectivity index (χ2n) is 3.57. The summed E-state index contributed by atoms with van der Waals surface area (Å²) in [6, 6.07) is 8.00. The second-order valence-corrected chi connectivity index (χ2v) is 3.75. The van der Waals surface area contributed by atoms with E-state index in [1.165, 1.54) is 0 Å².